The van der Waals surface area contributed by atoms with Crippen molar-refractivity contribution in [2.45, 2.75) is 6.54 Å². The first-order chi connectivity index (χ1) is 10.5. The van der Waals surface area contributed by atoms with Gasteiger partial charge in [0.1, 0.15) is 0 Å². The van der Waals surface area contributed by atoms with Crippen LogP contribution in [-0.4, -0.2) is 15.4 Å². The Bertz CT molecular complexity index is 883. The molecule has 110 valence electrons. The second-order valence-corrected chi connectivity index (χ2v) is 5.01. The molecule has 2 aromatic carbocycles. The summed E-state index contributed by atoms with van der Waals surface area (Å²) in [5.41, 5.74) is 7.48. The van der Waals surface area contributed by atoms with Crippen LogP contribution in [0.15, 0.2) is 54.7 Å². The van der Waals surface area contributed by atoms with E-state index in [2.05, 4.69) is 0 Å². The summed E-state index contributed by atoms with van der Waals surface area (Å²) in [4.78, 5) is 21.7. The number of hydrogen-bond acceptors (Lipinski definition) is 3. The Morgan fingerprint density at radius 1 is 1.18 bits per heavy atom. The number of fused-ring (bicyclic) bond motifs is 1. The van der Waals surface area contributed by atoms with E-state index in [9.17, 15) is 14.9 Å². The molecular formula is C16H13N3O3. The Kier molecular flexibility index (Phi) is 3.34. The minimum absolute atomic E-state index is 0.0618. The van der Waals surface area contributed by atoms with Gasteiger partial charge in [-0.25, -0.2) is 0 Å². The van der Waals surface area contributed by atoms with Crippen LogP contribution in [0.2, 0.25) is 0 Å². The molecule has 0 aliphatic rings. The largest absolute Gasteiger partial charge is 0.366 e. The monoisotopic (exact) mass is 295 g/mol. The Balaban J connectivity index is 2.00. The highest BCUT2D eigenvalue weighted by atomic mass is 16.6. The van der Waals surface area contributed by atoms with Crippen molar-refractivity contribution in [1.29, 1.82) is 0 Å². The van der Waals surface area contributed by atoms with Gasteiger partial charge in [0.25, 0.3) is 5.69 Å². The summed E-state index contributed by atoms with van der Waals surface area (Å²) < 4.78 is 1.93. The maximum atomic E-state index is 11.3. The van der Waals surface area contributed by atoms with Gasteiger partial charge in [-0.15, -0.1) is 0 Å². The van der Waals surface area contributed by atoms with Crippen LogP contribution in [0.1, 0.15) is 15.9 Å². The second kappa shape index (κ2) is 5.33. The lowest BCUT2D eigenvalue weighted by Crippen LogP contribution is -2.10. The number of nitrogens with zero attached hydrogens (tertiary/aromatic N) is 2. The predicted octanol–water partition coefficient (Wildman–Crippen LogP) is 2.70. The van der Waals surface area contributed by atoms with E-state index in [0.717, 1.165) is 16.5 Å². The van der Waals surface area contributed by atoms with Gasteiger partial charge < -0.3 is 10.3 Å². The van der Waals surface area contributed by atoms with Crippen molar-refractivity contribution in [1.82, 2.24) is 4.57 Å². The molecule has 0 saturated carbocycles. The van der Waals surface area contributed by atoms with Crippen molar-refractivity contribution < 1.29 is 9.72 Å². The van der Waals surface area contributed by atoms with Gasteiger partial charge in [-0.05, 0) is 29.1 Å². The molecule has 6 nitrogen and oxygen atoms in total. The zero-order valence-electron chi connectivity index (χ0n) is 11.6. The molecule has 22 heavy (non-hydrogen) atoms. The quantitative estimate of drug-likeness (QED) is 0.592. The molecule has 1 heterocycles. The number of rotatable bonds is 4. The Hall–Kier alpha value is -3.15. The number of hydrogen-bond donors (Lipinski definition) is 1. The number of nitro groups is 1. The number of carbonyl (C=O) groups is 1. The SMILES string of the molecule is NC(=O)c1ccc2ccn(Cc3cccc([N+](=O)[O-])c3)c2c1. The van der Waals surface area contributed by atoms with Crippen molar-refractivity contribution in [2.24, 2.45) is 5.73 Å². The van der Waals surface area contributed by atoms with Crippen molar-refractivity contribution in [3.05, 3.63) is 76.0 Å². The minimum Gasteiger partial charge on any atom is -0.366 e. The van der Waals surface area contributed by atoms with Crippen LogP contribution in [0.5, 0.6) is 0 Å². The lowest BCUT2D eigenvalue weighted by Gasteiger charge is -2.06. The van der Waals surface area contributed by atoms with Gasteiger partial charge in [-0.2, -0.15) is 0 Å². The number of nitro benzene ring substituents is 1. The van der Waals surface area contributed by atoms with Crippen molar-refractivity contribution >= 4 is 22.5 Å². The van der Waals surface area contributed by atoms with Crippen molar-refractivity contribution in [3.63, 3.8) is 0 Å². The average molecular weight is 295 g/mol. The first-order valence-electron chi connectivity index (χ1n) is 6.66. The van der Waals surface area contributed by atoms with E-state index < -0.39 is 10.8 Å². The molecule has 2 N–H and O–H groups in total. The van der Waals surface area contributed by atoms with Gasteiger partial charge in [-0.1, -0.05) is 18.2 Å². The second-order valence-electron chi connectivity index (χ2n) is 5.01. The van der Waals surface area contributed by atoms with Crippen LogP contribution >= 0.6 is 0 Å². The Morgan fingerprint density at radius 3 is 2.73 bits per heavy atom. The van der Waals surface area contributed by atoms with Crippen LogP contribution in [0.4, 0.5) is 5.69 Å². The maximum Gasteiger partial charge on any atom is 0.269 e. The van der Waals surface area contributed by atoms with Crippen LogP contribution in [0.25, 0.3) is 10.9 Å². The van der Waals surface area contributed by atoms with E-state index in [-0.39, 0.29) is 5.69 Å². The summed E-state index contributed by atoms with van der Waals surface area (Å²) >= 11 is 0. The number of amides is 1. The highest BCUT2D eigenvalue weighted by molar-refractivity contribution is 5.97. The van der Waals surface area contributed by atoms with Gasteiger partial charge in [0.15, 0.2) is 0 Å². The van der Waals surface area contributed by atoms with Crippen LogP contribution in [0.3, 0.4) is 0 Å². The Labute approximate surface area is 125 Å². The molecule has 0 saturated heterocycles. The fraction of sp³-hybridized carbons (Fsp3) is 0.0625. The van der Waals surface area contributed by atoms with E-state index in [1.165, 1.54) is 6.07 Å². The fourth-order valence-corrected chi connectivity index (χ4v) is 2.44. The van der Waals surface area contributed by atoms with Crippen LogP contribution in [-0.2, 0) is 6.54 Å². The average Bonchev–Trinajstić information content (AvgIpc) is 2.90. The molecule has 0 spiro atoms. The van der Waals surface area contributed by atoms with E-state index in [1.807, 2.05) is 29.0 Å². The van der Waals surface area contributed by atoms with Gasteiger partial charge >= 0.3 is 0 Å². The third kappa shape index (κ3) is 2.54. The van der Waals surface area contributed by atoms with Crippen molar-refractivity contribution in [3.8, 4) is 0 Å². The standard InChI is InChI=1S/C16H13N3O3/c17-16(20)13-5-4-12-6-7-18(15(12)9-13)10-11-2-1-3-14(8-11)19(21)22/h1-9H,10H2,(H2,17,20). The van der Waals surface area contributed by atoms with Gasteiger partial charge in [0, 0.05) is 36.0 Å². The van der Waals surface area contributed by atoms with Gasteiger partial charge in [0.2, 0.25) is 5.91 Å². The van der Waals surface area contributed by atoms with E-state index in [1.54, 1.807) is 24.3 Å². The minimum atomic E-state index is -0.481. The summed E-state index contributed by atoms with van der Waals surface area (Å²) in [6, 6.07) is 13.7. The number of nitrogens with two attached hydrogens (primary N) is 1. The molecule has 0 bridgehead atoms. The molecule has 0 radical (unpaired) electrons. The predicted molar refractivity (Wildman–Crippen MR) is 82.7 cm³/mol. The van der Waals surface area contributed by atoms with Crippen molar-refractivity contribution in [2.75, 3.05) is 0 Å². The summed E-state index contributed by atoms with van der Waals surface area (Å²) in [7, 11) is 0. The molecular weight excluding hydrogens is 282 g/mol. The van der Waals surface area contributed by atoms with E-state index >= 15 is 0 Å². The molecule has 0 atom stereocenters. The molecule has 0 unspecified atom stereocenters. The number of primary amides is 1. The summed E-state index contributed by atoms with van der Waals surface area (Å²) in [6.07, 6.45) is 1.88. The highest BCUT2D eigenvalue weighted by Crippen LogP contribution is 2.20. The van der Waals surface area contributed by atoms with E-state index in [0.29, 0.717) is 12.1 Å². The zero-order chi connectivity index (χ0) is 15.7. The molecule has 0 aliphatic heterocycles. The molecule has 0 fully saturated rings. The molecule has 6 heteroatoms. The molecule has 3 aromatic rings. The third-order valence-corrected chi connectivity index (χ3v) is 3.53. The van der Waals surface area contributed by atoms with Crippen LogP contribution in [0, 0.1) is 10.1 Å². The smallest absolute Gasteiger partial charge is 0.269 e. The number of aromatic nitrogens is 1. The molecule has 1 amide bonds. The topological polar surface area (TPSA) is 91.2 Å². The highest BCUT2D eigenvalue weighted by Gasteiger charge is 2.09. The molecule has 1 aromatic heterocycles. The fourth-order valence-electron chi connectivity index (χ4n) is 2.44. The van der Waals surface area contributed by atoms with Crippen LogP contribution < -0.4 is 5.73 Å². The lowest BCUT2D eigenvalue weighted by molar-refractivity contribution is -0.384. The summed E-state index contributed by atoms with van der Waals surface area (Å²) in [6.45, 7) is 0.480. The normalized spacial score (nSPS) is 10.7. The first kappa shape index (κ1) is 13.8. The number of non-ortho nitro benzene ring substituents is 1. The third-order valence-electron chi connectivity index (χ3n) is 3.53. The zero-order valence-corrected chi connectivity index (χ0v) is 11.6. The maximum absolute atomic E-state index is 11.3. The number of benzene rings is 2. The van der Waals surface area contributed by atoms with Gasteiger partial charge in [0.05, 0.1) is 4.92 Å². The number of carbonyl (C=O) groups excluding carboxylic acids is 1. The Morgan fingerprint density at radius 2 is 2.00 bits per heavy atom. The summed E-state index contributed by atoms with van der Waals surface area (Å²) in [5.74, 6) is -0.481. The molecule has 0 aliphatic carbocycles. The molecule has 3 rings (SSSR count). The summed E-state index contributed by atoms with van der Waals surface area (Å²) in [5, 5.41) is 11.8. The lowest BCUT2D eigenvalue weighted by atomic mass is 10.1. The first-order valence-corrected chi connectivity index (χ1v) is 6.66. The van der Waals surface area contributed by atoms with Gasteiger partial charge in [-0.3, -0.25) is 14.9 Å². The van der Waals surface area contributed by atoms with E-state index in [4.69, 9.17) is 5.73 Å².